The van der Waals surface area contributed by atoms with Crippen molar-refractivity contribution in [3.63, 3.8) is 0 Å². The van der Waals surface area contributed by atoms with Gasteiger partial charge in [0, 0.05) is 11.8 Å². The first-order chi connectivity index (χ1) is 8.22. The maximum atomic E-state index is 5.74. The van der Waals surface area contributed by atoms with E-state index < -0.39 is 0 Å². The number of nitrogens with two attached hydrogens (primary N) is 1. The van der Waals surface area contributed by atoms with Crippen molar-refractivity contribution in [1.82, 2.24) is 24.3 Å². The van der Waals surface area contributed by atoms with E-state index in [0.29, 0.717) is 5.82 Å². The van der Waals surface area contributed by atoms with E-state index in [2.05, 4.69) is 19.9 Å². The van der Waals surface area contributed by atoms with Crippen LogP contribution in [0.2, 0.25) is 5.28 Å². The zero-order valence-corrected chi connectivity index (χ0v) is 9.33. The van der Waals surface area contributed by atoms with Gasteiger partial charge in [-0.05, 0) is 23.7 Å². The number of nitrogens with zero attached hydrogens (tertiary/aromatic N) is 5. The summed E-state index contributed by atoms with van der Waals surface area (Å²) in [5, 5.41) is 0.0817. The van der Waals surface area contributed by atoms with Gasteiger partial charge in [0.25, 0.3) is 0 Å². The van der Waals surface area contributed by atoms with Gasteiger partial charge in [-0.1, -0.05) is 0 Å². The summed E-state index contributed by atoms with van der Waals surface area (Å²) in [6.45, 7) is 0. The molecule has 0 aromatic carbocycles. The standard InChI is InChI=1S/C10H7ClN6/c11-9-14-8(15-10(12)16-9)6-1-2-7-3-13-5-17(7)4-6/h1-5H,(H2,12,14,15,16). The van der Waals surface area contributed by atoms with Crippen molar-refractivity contribution >= 4 is 23.1 Å². The Morgan fingerprint density at radius 3 is 2.88 bits per heavy atom. The van der Waals surface area contributed by atoms with Crippen molar-refractivity contribution in [1.29, 1.82) is 0 Å². The number of rotatable bonds is 1. The molecule has 3 aromatic rings. The molecule has 3 heterocycles. The molecule has 3 rings (SSSR count). The van der Waals surface area contributed by atoms with Crippen molar-refractivity contribution in [3.05, 3.63) is 36.1 Å². The highest BCUT2D eigenvalue weighted by atomic mass is 35.5. The molecule has 7 heteroatoms. The highest BCUT2D eigenvalue weighted by molar-refractivity contribution is 6.28. The van der Waals surface area contributed by atoms with Crippen LogP contribution in [-0.4, -0.2) is 24.3 Å². The van der Waals surface area contributed by atoms with Gasteiger partial charge in [-0.15, -0.1) is 0 Å². The lowest BCUT2D eigenvalue weighted by molar-refractivity contribution is 1.06. The van der Waals surface area contributed by atoms with Gasteiger partial charge in [0.05, 0.1) is 18.0 Å². The molecule has 0 amide bonds. The number of imidazole rings is 1. The number of halogens is 1. The topological polar surface area (TPSA) is 82.0 Å². The van der Waals surface area contributed by atoms with E-state index in [1.165, 1.54) is 0 Å². The Morgan fingerprint density at radius 2 is 2.06 bits per heavy atom. The van der Waals surface area contributed by atoms with Gasteiger partial charge in [-0.25, -0.2) is 4.98 Å². The van der Waals surface area contributed by atoms with Crippen LogP contribution in [0.25, 0.3) is 16.9 Å². The van der Waals surface area contributed by atoms with Gasteiger partial charge < -0.3 is 10.1 Å². The van der Waals surface area contributed by atoms with Gasteiger partial charge in [0.15, 0.2) is 5.82 Å². The third-order valence-corrected chi connectivity index (χ3v) is 2.46. The molecule has 0 spiro atoms. The normalized spacial score (nSPS) is 10.9. The molecule has 0 fully saturated rings. The average molecular weight is 247 g/mol. The number of hydrogen-bond acceptors (Lipinski definition) is 5. The molecule has 6 nitrogen and oxygen atoms in total. The molecule has 0 atom stereocenters. The van der Waals surface area contributed by atoms with Gasteiger partial charge in [0.1, 0.15) is 0 Å². The van der Waals surface area contributed by atoms with Crippen LogP contribution >= 0.6 is 11.6 Å². The summed E-state index contributed by atoms with van der Waals surface area (Å²) < 4.78 is 1.86. The summed E-state index contributed by atoms with van der Waals surface area (Å²) in [6.07, 6.45) is 5.32. The van der Waals surface area contributed by atoms with Crippen molar-refractivity contribution in [3.8, 4) is 11.4 Å². The van der Waals surface area contributed by atoms with Crippen molar-refractivity contribution < 1.29 is 0 Å². The van der Waals surface area contributed by atoms with Crippen molar-refractivity contribution in [2.45, 2.75) is 0 Å². The third kappa shape index (κ3) is 1.78. The summed E-state index contributed by atoms with van der Waals surface area (Å²) in [6, 6.07) is 3.79. The van der Waals surface area contributed by atoms with E-state index in [1.54, 1.807) is 12.5 Å². The quantitative estimate of drug-likeness (QED) is 0.702. The maximum absolute atomic E-state index is 5.74. The maximum Gasteiger partial charge on any atom is 0.227 e. The van der Waals surface area contributed by atoms with E-state index in [4.69, 9.17) is 17.3 Å². The van der Waals surface area contributed by atoms with E-state index in [-0.39, 0.29) is 11.2 Å². The predicted octanol–water partition coefficient (Wildman–Crippen LogP) is 1.42. The molecular formula is C10H7ClN6. The van der Waals surface area contributed by atoms with Crippen LogP contribution in [0, 0.1) is 0 Å². The highest BCUT2D eigenvalue weighted by Gasteiger charge is 2.06. The van der Waals surface area contributed by atoms with Crippen LogP contribution in [-0.2, 0) is 0 Å². The lowest BCUT2D eigenvalue weighted by Crippen LogP contribution is -2.00. The zero-order valence-electron chi connectivity index (χ0n) is 8.58. The molecule has 0 bridgehead atoms. The summed E-state index contributed by atoms with van der Waals surface area (Å²) in [5.41, 5.74) is 7.31. The summed E-state index contributed by atoms with van der Waals surface area (Å²) in [4.78, 5) is 15.8. The fourth-order valence-corrected chi connectivity index (χ4v) is 1.71. The lowest BCUT2D eigenvalue weighted by atomic mass is 10.2. The fourth-order valence-electron chi connectivity index (χ4n) is 1.55. The van der Waals surface area contributed by atoms with Gasteiger partial charge in [0.2, 0.25) is 11.2 Å². The SMILES string of the molecule is Nc1nc(Cl)nc(-c2ccc3cncn3c2)n1. The Hall–Kier alpha value is -2.21. The minimum Gasteiger partial charge on any atom is -0.368 e. The molecule has 0 unspecified atom stereocenters. The Balaban J connectivity index is 2.19. The van der Waals surface area contributed by atoms with E-state index in [1.807, 2.05) is 22.7 Å². The Kier molecular flexibility index (Phi) is 2.15. The Labute approximate surface area is 101 Å². The lowest BCUT2D eigenvalue weighted by Gasteiger charge is -2.02. The van der Waals surface area contributed by atoms with Gasteiger partial charge in [-0.2, -0.15) is 15.0 Å². The predicted molar refractivity (Wildman–Crippen MR) is 63.4 cm³/mol. The Morgan fingerprint density at radius 1 is 1.18 bits per heavy atom. The molecule has 0 saturated carbocycles. The van der Waals surface area contributed by atoms with Crippen LogP contribution in [0.4, 0.5) is 5.95 Å². The first kappa shape index (κ1) is 9.98. The largest absolute Gasteiger partial charge is 0.368 e. The third-order valence-electron chi connectivity index (χ3n) is 2.29. The minimum absolute atomic E-state index is 0.0817. The highest BCUT2D eigenvalue weighted by Crippen LogP contribution is 2.17. The number of anilines is 1. The first-order valence-electron chi connectivity index (χ1n) is 4.81. The van der Waals surface area contributed by atoms with Crippen molar-refractivity contribution in [2.24, 2.45) is 0 Å². The van der Waals surface area contributed by atoms with E-state index in [0.717, 1.165) is 11.1 Å². The number of aromatic nitrogens is 5. The van der Waals surface area contributed by atoms with Crippen molar-refractivity contribution in [2.75, 3.05) is 5.73 Å². The molecule has 17 heavy (non-hydrogen) atoms. The van der Waals surface area contributed by atoms with E-state index >= 15 is 0 Å². The van der Waals surface area contributed by atoms with E-state index in [9.17, 15) is 0 Å². The summed E-state index contributed by atoms with van der Waals surface area (Å²) >= 11 is 5.74. The molecule has 0 saturated heterocycles. The van der Waals surface area contributed by atoms with Gasteiger partial charge in [-0.3, -0.25) is 0 Å². The average Bonchev–Trinajstić information content (AvgIpc) is 2.74. The van der Waals surface area contributed by atoms with Crippen LogP contribution < -0.4 is 5.73 Å². The van der Waals surface area contributed by atoms with Crippen LogP contribution in [0.15, 0.2) is 30.9 Å². The number of nitrogen functional groups attached to an aromatic ring is 1. The van der Waals surface area contributed by atoms with Crippen LogP contribution in [0.3, 0.4) is 0 Å². The number of fused-ring (bicyclic) bond motifs is 1. The summed E-state index contributed by atoms with van der Waals surface area (Å²) in [5.74, 6) is 0.545. The molecule has 84 valence electrons. The molecule has 0 aliphatic rings. The minimum atomic E-state index is 0.0817. The summed E-state index contributed by atoms with van der Waals surface area (Å²) in [7, 11) is 0. The molecule has 3 aromatic heterocycles. The second-order valence-electron chi connectivity index (χ2n) is 3.43. The van der Waals surface area contributed by atoms with Crippen LogP contribution in [0.1, 0.15) is 0 Å². The number of pyridine rings is 1. The zero-order chi connectivity index (χ0) is 11.8. The smallest absolute Gasteiger partial charge is 0.227 e. The second kappa shape index (κ2) is 3.67. The van der Waals surface area contributed by atoms with Gasteiger partial charge >= 0.3 is 0 Å². The monoisotopic (exact) mass is 246 g/mol. The molecule has 0 aliphatic heterocycles. The van der Waals surface area contributed by atoms with Crippen LogP contribution in [0.5, 0.6) is 0 Å². The number of hydrogen-bond donors (Lipinski definition) is 1. The molecule has 0 aliphatic carbocycles. The molecule has 0 radical (unpaired) electrons. The molecular weight excluding hydrogens is 240 g/mol. The Bertz CT molecular complexity index is 672. The fraction of sp³-hybridized carbons (Fsp3) is 0. The first-order valence-corrected chi connectivity index (χ1v) is 5.19. The second-order valence-corrected chi connectivity index (χ2v) is 3.77. The molecule has 2 N–H and O–H groups in total.